The predicted molar refractivity (Wildman–Crippen MR) is 121 cm³/mol. The van der Waals surface area contributed by atoms with Gasteiger partial charge in [0.25, 0.3) is 11.1 Å². The van der Waals surface area contributed by atoms with Crippen LogP contribution in [0.2, 0.25) is 10.0 Å². The maximum atomic E-state index is 11.6. The Balaban J connectivity index is 0.000000179. The molecule has 0 bridgehead atoms. The average Bonchev–Trinajstić information content (AvgIpc) is 2.79. The van der Waals surface area contributed by atoms with Gasteiger partial charge in [0.15, 0.2) is 0 Å². The summed E-state index contributed by atoms with van der Waals surface area (Å²) in [6, 6.07) is 9.83. The van der Waals surface area contributed by atoms with Crippen LogP contribution in [0.4, 0.5) is 0 Å². The van der Waals surface area contributed by atoms with Crippen LogP contribution < -0.4 is 11.1 Å². The number of aromatic amines is 2. The van der Waals surface area contributed by atoms with E-state index < -0.39 is 5.97 Å². The molecular weight excluding hydrogens is 443 g/mol. The molecule has 4 aromatic rings. The zero-order chi connectivity index (χ0) is 22.5. The van der Waals surface area contributed by atoms with Crippen molar-refractivity contribution in [3.05, 3.63) is 90.7 Å². The lowest BCUT2D eigenvalue weighted by Crippen LogP contribution is -2.08. The highest BCUT2D eigenvalue weighted by Crippen LogP contribution is 2.21. The predicted octanol–water partition coefficient (Wildman–Crippen LogP) is 4.03. The molecule has 9 heteroatoms. The SMILES string of the molecule is CCOC(=O)c1ccc2c(Cl)c[nH]c(=O)c2c1.O=c1[nH]cc(Cl)c2ccc(CO)cc12. The number of carbonyl (C=O) groups is 1. The number of fused-ring (bicyclic) bond motifs is 2. The fourth-order valence-electron chi connectivity index (χ4n) is 2.94. The first-order chi connectivity index (χ1) is 14.8. The van der Waals surface area contributed by atoms with Gasteiger partial charge in [-0.3, -0.25) is 9.59 Å². The summed E-state index contributed by atoms with van der Waals surface area (Å²) >= 11 is 11.8. The zero-order valence-electron chi connectivity index (χ0n) is 16.4. The lowest BCUT2D eigenvalue weighted by Gasteiger charge is -2.04. The van der Waals surface area contributed by atoms with Crippen LogP contribution in [0.25, 0.3) is 21.5 Å². The molecule has 2 aromatic carbocycles. The number of benzene rings is 2. The summed E-state index contributed by atoms with van der Waals surface area (Å²) in [6.07, 6.45) is 2.89. The Hall–Kier alpha value is -3.13. The van der Waals surface area contributed by atoms with Crippen LogP contribution in [0.15, 0.2) is 58.4 Å². The molecule has 0 fully saturated rings. The quantitative estimate of drug-likeness (QED) is 0.399. The molecular formula is C22H18Cl2N2O5. The number of halogens is 2. The molecule has 0 aliphatic heterocycles. The Morgan fingerprint density at radius 2 is 1.45 bits per heavy atom. The van der Waals surface area contributed by atoms with Crippen molar-refractivity contribution in [2.75, 3.05) is 6.61 Å². The van der Waals surface area contributed by atoms with Gasteiger partial charge in [-0.2, -0.15) is 0 Å². The number of aromatic nitrogens is 2. The van der Waals surface area contributed by atoms with Crippen molar-refractivity contribution in [1.29, 1.82) is 0 Å². The Morgan fingerprint density at radius 1 is 0.903 bits per heavy atom. The van der Waals surface area contributed by atoms with E-state index in [0.717, 1.165) is 0 Å². The molecule has 0 atom stereocenters. The molecule has 0 unspecified atom stereocenters. The second-order valence-electron chi connectivity index (χ2n) is 6.45. The lowest BCUT2D eigenvalue weighted by atomic mass is 10.1. The number of carbonyl (C=O) groups excluding carboxylic acids is 1. The van der Waals surface area contributed by atoms with Crippen molar-refractivity contribution in [2.45, 2.75) is 13.5 Å². The van der Waals surface area contributed by atoms with E-state index in [9.17, 15) is 14.4 Å². The lowest BCUT2D eigenvalue weighted by molar-refractivity contribution is 0.0526. The van der Waals surface area contributed by atoms with E-state index in [0.29, 0.717) is 49.3 Å². The van der Waals surface area contributed by atoms with Gasteiger partial charge in [-0.25, -0.2) is 4.79 Å². The van der Waals surface area contributed by atoms with Crippen LogP contribution >= 0.6 is 23.2 Å². The van der Waals surface area contributed by atoms with E-state index in [4.69, 9.17) is 33.0 Å². The molecule has 0 saturated heterocycles. The van der Waals surface area contributed by atoms with E-state index in [1.54, 1.807) is 37.3 Å². The van der Waals surface area contributed by atoms with E-state index in [1.807, 2.05) is 0 Å². The van der Waals surface area contributed by atoms with Crippen molar-refractivity contribution in [3.8, 4) is 0 Å². The smallest absolute Gasteiger partial charge is 0.338 e. The molecule has 0 amide bonds. The summed E-state index contributed by atoms with van der Waals surface area (Å²) in [4.78, 5) is 39.5. The van der Waals surface area contributed by atoms with E-state index >= 15 is 0 Å². The minimum absolute atomic E-state index is 0.0815. The summed E-state index contributed by atoms with van der Waals surface area (Å²) in [5.74, 6) is -0.450. The maximum absolute atomic E-state index is 11.6. The Bertz CT molecular complexity index is 1380. The number of aliphatic hydroxyl groups excluding tert-OH is 1. The van der Waals surface area contributed by atoms with Gasteiger partial charge < -0.3 is 19.8 Å². The number of hydrogen-bond donors (Lipinski definition) is 3. The van der Waals surface area contributed by atoms with Gasteiger partial charge in [0.05, 0.1) is 28.8 Å². The largest absolute Gasteiger partial charge is 0.462 e. The molecule has 2 aromatic heterocycles. The number of aliphatic hydroxyl groups is 1. The molecule has 31 heavy (non-hydrogen) atoms. The Morgan fingerprint density at radius 3 is 2.00 bits per heavy atom. The molecule has 0 saturated carbocycles. The van der Waals surface area contributed by atoms with Gasteiger partial charge in [-0.05, 0) is 30.7 Å². The molecule has 7 nitrogen and oxygen atoms in total. The zero-order valence-corrected chi connectivity index (χ0v) is 17.9. The molecule has 2 heterocycles. The van der Waals surface area contributed by atoms with Gasteiger partial charge >= 0.3 is 5.97 Å². The van der Waals surface area contributed by atoms with Gasteiger partial charge in [-0.1, -0.05) is 41.4 Å². The summed E-state index contributed by atoms with van der Waals surface area (Å²) in [5, 5.41) is 12.1. The van der Waals surface area contributed by atoms with Gasteiger partial charge in [0, 0.05) is 33.9 Å². The average molecular weight is 461 g/mol. The third kappa shape index (κ3) is 4.96. The first-order valence-corrected chi connectivity index (χ1v) is 10.00. The Kier molecular flexibility index (Phi) is 7.12. The van der Waals surface area contributed by atoms with Crippen molar-refractivity contribution in [2.24, 2.45) is 0 Å². The normalized spacial score (nSPS) is 10.6. The first kappa shape index (κ1) is 22.6. The molecule has 0 aliphatic carbocycles. The van der Waals surface area contributed by atoms with Crippen LogP contribution in [-0.2, 0) is 11.3 Å². The fraction of sp³-hybridized carbons (Fsp3) is 0.136. The number of H-pyrrole nitrogens is 2. The number of nitrogens with one attached hydrogen (secondary N) is 2. The van der Waals surface area contributed by atoms with Crippen LogP contribution in [0.1, 0.15) is 22.8 Å². The third-order valence-corrected chi connectivity index (χ3v) is 5.09. The summed E-state index contributed by atoms with van der Waals surface area (Å²) in [5.41, 5.74) is 0.563. The van der Waals surface area contributed by atoms with Crippen molar-refractivity contribution < 1.29 is 14.6 Å². The van der Waals surface area contributed by atoms with Crippen LogP contribution in [0.5, 0.6) is 0 Å². The molecule has 160 valence electrons. The highest BCUT2D eigenvalue weighted by atomic mass is 35.5. The van der Waals surface area contributed by atoms with Crippen molar-refractivity contribution in [3.63, 3.8) is 0 Å². The Labute approximate surface area is 186 Å². The van der Waals surface area contributed by atoms with E-state index in [2.05, 4.69) is 9.97 Å². The van der Waals surface area contributed by atoms with Crippen LogP contribution in [0, 0.1) is 0 Å². The monoisotopic (exact) mass is 460 g/mol. The first-order valence-electron chi connectivity index (χ1n) is 9.24. The van der Waals surface area contributed by atoms with Crippen LogP contribution in [-0.4, -0.2) is 27.7 Å². The summed E-state index contributed by atoms with van der Waals surface area (Å²) < 4.78 is 4.86. The standard InChI is InChI=1S/C12H10ClNO3.C10H8ClNO2/c1-2-17-12(16)7-3-4-8-9(5-7)11(15)14-6-10(8)13;11-9-4-12-10(14)8-3-6(5-13)1-2-7(8)9/h3-6H,2H2,1H3,(H,14,15);1-4,13H,5H2,(H,12,14). The number of hydrogen-bond acceptors (Lipinski definition) is 5. The summed E-state index contributed by atoms with van der Waals surface area (Å²) in [6.45, 7) is 1.94. The third-order valence-electron chi connectivity index (χ3n) is 4.46. The fourth-order valence-corrected chi connectivity index (χ4v) is 3.38. The minimum Gasteiger partial charge on any atom is -0.462 e. The highest BCUT2D eigenvalue weighted by molar-refractivity contribution is 6.35. The van der Waals surface area contributed by atoms with Crippen molar-refractivity contribution in [1.82, 2.24) is 9.97 Å². The molecule has 3 N–H and O–H groups in total. The molecule has 0 spiro atoms. The summed E-state index contributed by atoms with van der Waals surface area (Å²) in [7, 11) is 0. The van der Waals surface area contributed by atoms with E-state index in [-0.39, 0.29) is 17.7 Å². The highest BCUT2D eigenvalue weighted by Gasteiger charge is 2.10. The van der Waals surface area contributed by atoms with Crippen LogP contribution in [0.3, 0.4) is 0 Å². The number of pyridine rings is 2. The minimum atomic E-state index is -0.450. The van der Waals surface area contributed by atoms with Gasteiger partial charge in [0.1, 0.15) is 0 Å². The molecule has 0 aliphatic rings. The van der Waals surface area contributed by atoms with Crippen molar-refractivity contribution >= 4 is 50.7 Å². The number of ether oxygens (including phenoxy) is 1. The van der Waals surface area contributed by atoms with Gasteiger partial charge in [0.2, 0.25) is 0 Å². The maximum Gasteiger partial charge on any atom is 0.338 e. The number of rotatable bonds is 3. The molecule has 4 rings (SSSR count). The number of esters is 1. The molecule has 0 radical (unpaired) electrons. The van der Waals surface area contributed by atoms with E-state index in [1.165, 1.54) is 18.5 Å². The second kappa shape index (κ2) is 9.78. The second-order valence-corrected chi connectivity index (χ2v) is 7.26. The topological polar surface area (TPSA) is 112 Å². The van der Waals surface area contributed by atoms with Gasteiger partial charge in [-0.15, -0.1) is 0 Å².